The summed E-state index contributed by atoms with van der Waals surface area (Å²) in [4.78, 5) is 12.4. The lowest BCUT2D eigenvalue weighted by molar-refractivity contribution is -0.120. The zero-order valence-electron chi connectivity index (χ0n) is 14.6. The van der Waals surface area contributed by atoms with Gasteiger partial charge in [0.15, 0.2) is 0 Å². The van der Waals surface area contributed by atoms with Gasteiger partial charge in [-0.25, -0.2) is 12.7 Å². The number of sulfonamides is 1. The van der Waals surface area contributed by atoms with Crippen molar-refractivity contribution in [1.82, 2.24) is 4.31 Å². The minimum atomic E-state index is -3.25. The molecule has 6 nitrogen and oxygen atoms in total. The molecule has 1 aromatic carbocycles. The molecule has 7 heteroatoms. The summed E-state index contributed by atoms with van der Waals surface area (Å²) < 4.78 is 30.7. The first-order valence-corrected chi connectivity index (χ1v) is 10.8. The summed E-state index contributed by atoms with van der Waals surface area (Å²) in [6.45, 7) is 0.753. The molecule has 1 atom stereocenters. The number of anilines is 1. The van der Waals surface area contributed by atoms with E-state index in [0.717, 1.165) is 18.6 Å². The lowest BCUT2D eigenvalue weighted by atomic mass is 9.99. The van der Waals surface area contributed by atoms with E-state index >= 15 is 0 Å². The van der Waals surface area contributed by atoms with Crippen molar-refractivity contribution in [3.05, 3.63) is 24.3 Å². The van der Waals surface area contributed by atoms with E-state index in [9.17, 15) is 13.2 Å². The zero-order valence-corrected chi connectivity index (χ0v) is 15.4. The highest BCUT2D eigenvalue weighted by atomic mass is 32.2. The molecule has 25 heavy (non-hydrogen) atoms. The number of carbonyl (C=O) groups excluding carboxylic acids is 1. The smallest absolute Gasteiger partial charge is 0.228 e. The number of carbonyl (C=O) groups is 1. The summed E-state index contributed by atoms with van der Waals surface area (Å²) in [5.41, 5.74) is 0.709. The minimum absolute atomic E-state index is 0.127. The molecule has 138 valence electrons. The first-order chi connectivity index (χ1) is 11.9. The molecular formula is C18H26N2O4S. The topological polar surface area (TPSA) is 75.7 Å². The van der Waals surface area contributed by atoms with Crippen LogP contribution in [0.15, 0.2) is 24.3 Å². The van der Waals surface area contributed by atoms with Crippen LogP contribution in [0.25, 0.3) is 0 Å². The molecule has 0 unspecified atom stereocenters. The average Bonchev–Trinajstić information content (AvgIpc) is 3.09. The third kappa shape index (κ3) is 4.95. The molecule has 1 N–H and O–H groups in total. The molecule has 1 aromatic rings. The van der Waals surface area contributed by atoms with Crippen molar-refractivity contribution in [2.75, 3.05) is 24.7 Å². The fourth-order valence-electron chi connectivity index (χ4n) is 3.52. The molecule has 3 rings (SSSR count). The highest BCUT2D eigenvalue weighted by Gasteiger charge is 2.30. The molecular weight excluding hydrogens is 340 g/mol. The third-order valence-electron chi connectivity index (χ3n) is 4.95. The Hall–Kier alpha value is -1.60. The first kappa shape index (κ1) is 18.2. The monoisotopic (exact) mass is 366 g/mol. The van der Waals surface area contributed by atoms with Gasteiger partial charge >= 0.3 is 0 Å². The van der Waals surface area contributed by atoms with E-state index in [-0.39, 0.29) is 18.4 Å². The summed E-state index contributed by atoms with van der Waals surface area (Å²) in [5, 5.41) is 2.89. The Balaban J connectivity index is 1.55. The van der Waals surface area contributed by atoms with Gasteiger partial charge in [-0.1, -0.05) is 0 Å². The fraction of sp³-hybridized carbons (Fsp3) is 0.611. The van der Waals surface area contributed by atoms with Crippen molar-refractivity contribution in [3.8, 4) is 5.75 Å². The molecule has 2 aliphatic rings. The van der Waals surface area contributed by atoms with Gasteiger partial charge in [0.25, 0.3) is 0 Å². The highest BCUT2D eigenvalue weighted by molar-refractivity contribution is 7.88. The second kappa shape index (κ2) is 7.74. The van der Waals surface area contributed by atoms with E-state index < -0.39 is 10.0 Å². The maximum atomic E-state index is 12.4. The van der Waals surface area contributed by atoms with Crippen molar-refractivity contribution in [3.63, 3.8) is 0 Å². The quantitative estimate of drug-likeness (QED) is 0.869. The number of benzene rings is 1. The van der Waals surface area contributed by atoms with Gasteiger partial charge in [-0.3, -0.25) is 4.79 Å². The fourth-order valence-corrected chi connectivity index (χ4v) is 4.43. The van der Waals surface area contributed by atoms with Crippen LogP contribution in [0.1, 0.15) is 38.5 Å². The summed E-state index contributed by atoms with van der Waals surface area (Å²) in [5.74, 6) is 0.390. The number of amides is 1. The van der Waals surface area contributed by atoms with Crippen LogP contribution in [0, 0.1) is 5.92 Å². The Bertz CT molecular complexity index is 696. The molecule has 0 aromatic heterocycles. The molecule has 1 heterocycles. The predicted molar refractivity (Wildman–Crippen MR) is 97.1 cm³/mol. The van der Waals surface area contributed by atoms with Crippen molar-refractivity contribution in [1.29, 1.82) is 0 Å². The van der Waals surface area contributed by atoms with Crippen LogP contribution < -0.4 is 10.1 Å². The van der Waals surface area contributed by atoms with Crippen LogP contribution in [-0.2, 0) is 14.8 Å². The Morgan fingerprint density at radius 1 is 1.12 bits per heavy atom. The second-order valence-corrected chi connectivity index (χ2v) is 8.98. The molecule has 1 aliphatic carbocycles. The van der Waals surface area contributed by atoms with Gasteiger partial charge in [0.2, 0.25) is 15.9 Å². The number of nitrogens with zero attached hydrogens (tertiary/aromatic N) is 1. The molecule has 1 amide bonds. The van der Waals surface area contributed by atoms with Gasteiger partial charge in [-0.15, -0.1) is 0 Å². The number of piperidine rings is 1. The zero-order chi connectivity index (χ0) is 17.9. The van der Waals surface area contributed by atoms with Crippen LogP contribution in [0.5, 0.6) is 5.75 Å². The van der Waals surface area contributed by atoms with E-state index in [0.29, 0.717) is 31.2 Å². The number of rotatable bonds is 5. The van der Waals surface area contributed by atoms with Gasteiger partial charge in [-0.2, -0.15) is 0 Å². The van der Waals surface area contributed by atoms with Crippen molar-refractivity contribution in [2.45, 2.75) is 44.6 Å². The van der Waals surface area contributed by atoms with E-state index in [1.165, 1.54) is 23.4 Å². The van der Waals surface area contributed by atoms with Crippen LogP contribution in [0.4, 0.5) is 5.69 Å². The Labute approximate surface area is 149 Å². The Morgan fingerprint density at radius 3 is 2.44 bits per heavy atom. The molecule has 0 bridgehead atoms. The van der Waals surface area contributed by atoms with E-state index in [4.69, 9.17) is 4.74 Å². The van der Waals surface area contributed by atoms with Crippen LogP contribution >= 0.6 is 0 Å². The van der Waals surface area contributed by atoms with Gasteiger partial charge in [0.05, 0.1) is 18.3 Å². The summed E-state index contributed by atoms with van der Waals surface area (Å²) in [7, 11) is -3.25. The lowest BCUT2D eigenvalue weighted by Crippen LogP contribution is -2.43. The van der Waals surface area contributed by atoms with Gasteiger partial charge in [0, 0.05) is 18.8 Å². The number of hydrogen-bond acceptors (Lipinski definition) is 4. The predicted octanol–water partition coefficient (Wildman–Crippen LogP) is 2.62. The van der Waals surface area contributed by atoms with Gasteiger partial charge < -0.3 is 10.1 Å². The summed E-state index contributed by atoms with van der Waals surface area (Å²) >= 11 is 0. The van der Waals surface area contributed by atoms with Crippen molar-refractivity contribution >= 4 is 21.6 Å². The second-order valence-electron chi connectivity index (χ2n) is 7.00. The van der Waals surface area contributed by atoms with Crippen LogP contribution in [-0.4, -0.2) is 44.1 Å². The molecule has 1 saturated carbocycles. The number of nitrogens with one attached hydrogen (secondary N) is 1. The molecule has 0 radical (unpaired) electrons. The summed E-state index contributed by atoms with van der Waals surface area (Å²) in [6.07, 6.45) is 7.59. The van der Waals surface area contributed by atoms with E-state index in [2.05, 4.69) is 5.32 Å². The van der Waals surface area contributed by atoms with Crippen molar-refractivity contribution < 1.29 is 17.9 Å². The minimum Gasteiger partial charge on any atom is -0.490 e. The standard InChI is InChI=1S/C18H26N2O4S/c1-25(22,23)20-12-4-5-14(13-20)18(21)19-15-8-10-17(11-9-15)24-16-6-2-3-7-16/h8-11,14,16H,2-7,12-13H2,1H3,(H,19,21)/t14-/m0/s1. The Morgan fingerprint density at radius 2 is 1.80 bits per heavy atom. The largest absolute Gasteiger partial charge is 0.490 e. The first-order valence-electron chi connectivity index (χ1n) is 8.94. The normalized spacial score (nSPS) is 22.7. The number of ether oxygens (including phenoxy) is 1. The molecule has 1 aliphatic heterocycles. The highest BCUT2D eigenvalue weighted by Crippen LogP contribution is 2.25. The molecule has 0 spiro atoms. The van der Waals surface area contributed by atoms with E-state index in [1.807, 2.05) is 24.3 Å². The van der Waals surface area contributed by atoms with Crippen molar-refractivity contribution in [2.24, 2.45) is 5.92 Å². The number of hydrogen-bond donors (Lipinski definition) is 1. The van der Waals surface area contributed by atoms with Crippen LogP contribution in [0.3, 0.4) is 0 Å². The Kier molecular flexibility index (Phi) is 5.64. The maximum absolute atomic E-state index is 12.4. The lowest BCUT2D eigenvalue weighted by Gasteiger charge is -2.30. The average molecular weight is 366 g/mol. The van der Waals surface area contributed by atoms with Gasteiger partial charge in [0.1, 0.15) is 5.75 Å². The third-order valence-corrected chi connectivity index (χ3v) is 6.22. The summed E-state index contributed by atoms with van der Waals surface area (Å²) in [6, 6.07) is 7.41. The molecule has 2 fully saturated rings. The maximum Gasteiger partial charge on any atom is 0.228 e. The van der Waals surface area contributed by atoms with Crippen LogP contribution in [0.2, 0.25) is 0 Å². The SMILES string of the molecule is CS(=O)(=O)N1CCC[C@H](C(=O)Nc2ccc(OC3CCCC3)cc2)C1. The van der Waals surface area contributed by atoms with E-state index in [1.54, 1.807) is 0 Å². The molecule has 1 saturated heterocycles. The van der Waals surface area contributed by atoms with Gasteiger partial charge in [-0.05, 0) is 62.8 Å².